The van der Waals surface area contributed by atoms with Crippen LogP contribution in [0, 0.1) is 11.6 Å². The molecule has 0 saturated heterocycles. The molecular formula is C22H19ClF2N6O2S. The van der Waals surface area contributed by atoms with Crippen molar-refractivity contribution in [1.82, 2.24) is 19.9 Å². The number of halogens is 3. The first-order valence-electron chi connectivity index (χ1n) is 9.95. The van der Waals surface area contributed by atoms with Crippen LogP contribution in [0.25, 0.3) is 32.2 Å². The Labute approximate surface area is 202 Å². The molecule has 8 nitrogen and oxygen atoms in total. The summed E-state index contributed by atoms with van der Waals surface area (Å²) in [5, 5.41) is 3.57. The van der Waals surface area contributed by atoms with Crippen LogP contribution in [-0.2, 0) is 4.79 Å². The maximum atomic E-state index is 15.9. The standard InChI is InChI=1S/C22H19ClF2N6O2S/c1-4-14(32)31(2)8-7-27-20-11-9-12(23)15(16(25)17(11)29-22(30-20)33-3)10-5-6-13(24)19-18(10)28-21(26)34-19/h4-6,9H,1,7-8H2,2-3H3,(H2,26,28)(H,27,29,30). The molecule has 0 aliphatic heterocycles. The van der Waals surface area contributed by atoms with Crippen LogP contribution < -0.4 is 15.8 Å². The number of thiazole rings is 1. The molecule has 3 N–H and O–H groups in total. The molecule has 4 rings (SSSR count). The van der Waals surface area contributed by atoms with Gasteiger partial charge in [0.05, 0.1) is 22.3 Å². The fourth-order valence-electron chi connectivity index (χ4n) is 3.45. The predicted octanol–water partition coefficient (Wildman–Crippen LogP) is 4.49. The molecule has 0 saturated carbocycles. The minimum absolute atomic E-state index is 0.00693. The van der Waals surface area contributed by atoms with Crippen molar-refractivity contribution in [2.45, 2.75) is 0 Å². The first-order chi connectivity index (χ1) is 16.2. The van der Waals surface area contributed by atoms with Crippen molar-refractivity contribution in [2.75, 3.05) is 38.3 Å². The van der Waals surface area contributed by atoms with Gasteiger partial charge in [0.15, 0.2) is 10.9 Å². The lowest BCUT2D eigenvalue weighted by molar-refractivity contribution is -0.124. The van der Waals surface area contributed by atoms with Gasteiger partial charge in [0, 0.05) is 36.7 Å². The van der Waals surface area contributed by atoms with E-state index in [4.69, 9.17) is 22.1 Å². The molecule has 12 heteroatoms. The molecule has 0 radical (unpaired) electrons. The summed E-state index contributed by atoms with van der Waals surface area (Å²) in [5.41, 5.74) is 6.21. The fraction of sp³-hybridized carbons (Fsp3) is 0.182. The van der Waals surface area contributed by atoms with Gasteiger partial charge in [0.2, 0.25) is 5.91 Å². The van der Waals surface area contributed by atoms with Gasteiger partial charge in [0.1, 0.15) is 17.2 Å². The first-order valence-corrected chi connectivity index (χ1v) is 11.1. The largest absolute Gasteiger partial charge is 0.467 e. The number of hydrogen-bond acceptors (Lipinski definition) is 8. The number of carbonyl (C=O) groups excluding carboxylic acids is 1. The van der Waals surface area contributed by atoms with Crippen LogP contribution in [0.4, 0.5) is 19.7 Å². The number of fused-ring (bicyclic) bond motifs is 2. The second kappa shape index (κ2) is 9.35. The molecule has 2 heterocycles. The highest BCUT2D eigenvalue weighted by Crippen LogP contribution is 2.42. The number of amides is 1. The minimum atomic E-state index is -0.746. The van der Waals surface area contributed by atoms with Crippen LogP contribution in [0.1, 0.15) is 0 Å². The molecule has 0 unspecified atom stereocenters. The number of rotatable bonds is 7. The molecule has 4 aromatic rings. The number of likely N-dealkylation sites (N-methyl/N-ethyl adjacent to an activating group) is 1. The SMILES string of the molecule is C=CC(=O)N(C)CCNc1nc(OC)nc2c(F)c(-c3ccc(F)c4sc(N)nc34)c(Cl)cc12. The molecule has 0 spiro atoms. The second-order valence-electron chi connectivity index (χ2n) is 7.22. The molecule has 2 aromatic carbocycles. The number of aromatic nitrogens is 3. The number of benzene rings is 2. The van der Waals surface area contributed by atoms with Crippen LogP contribution in [-0.4, -0.2) is 53.0 Å². The molecule has 0 aliphatic rings. The first kappa shape index (κ1) is 23.6. The maximum Gasteiger partial charge on any atom is 0.318 e. The lowest BCUT2D eigenvalue weighted by atomic mass is 10.0. The molecule has 1 amide bonds. The molecule has 34 heavy (non-hydrogen) atoms. The van der Waals surface area contributed by atoms with E-state index in [1.54, 1.807) is 7.05 Å². The van der Waals surface area contributed by atoms with Crippen LogP contribution in [0.3, 0.4) is 0 Å². The summed E-state index contributed by atoms with van der Waals surface area (Å²) >= 11 is 7.48. The van der Waals surface area contributed by atoms with E-state index in [1.165, 1.54) is 36.3 Å². The van der Waals surface area contributed by atoms with E-state index in [0.717, 1.165) is 11.3 Å². The number of hydrogen-bond donors (Lipinski definition) is 2. The van der Waals surface area contributed by atoms with Crippen molar-refractivity contribution in [1.29, 1.82) is 0 Å². The summed E-state index contributed by atoms with van der Waals surface area (Å²) in [5.74, 6) is -1.22. The van der Waals surface area contributed by atoms with E-state index in [-0.39, 0.29) is 54.7 Å². The number of nitrogens with zero attached hydrogens (tertiary/aromatic N) is 4. The van der Waals surface area contributed by atoms with Crippen molar-refractivity contribution in [3.8, 4) is 17.1 Å². The third kappa shape index (κ3) is 4.19. The zero-order valence-electron chi connectivity index (χ0n) is 18.2. The Balaban J connectivity index is 1.83. The number of nitrogens with one attached hydrogen (secondary N) is 1. The third-order valence-electron chi connectivity index (χ3n) is 5.12. The lowest BCUT2D eigenvalue weighted by Crippen LogP contribution is -2.30. The van der Waals surface area contributed by atoms with Crippen molar-refractivity contribution < 1.29 is 18.3 Å². The van der Waals surface area contributed by atoms with Gasteiger partial charge in [-0.05, 0) is 24.3 Å². The van der Waals surface area contributed by atoms with Gasteiger partial charge < -0.3 is 20.7 Å². The molecule has 0 fully saturated rings. The van der Waals surface area contributed by atoms with Gasteiger partial charge in [-0.2, -0.15) is 9.97 Å². The van der Waals surface area contributed by atoms with Crippen molar-refractivity contribution in [3.05, 3.63) is 47.5 Å². The van der Waals surface area contributed by atoms with Crippen molar-refractivity contribution in [2.24, 2.45) is 0 Å². The quantitative estimate of drug-likeness (QED) is 0.357. The van der Waals surface area contributed by atoms with E-state index in [9.17, 15) is 9.18 Å². The summed E-state index contributed by atoms with van der Waals surface area (Å²) < 4.78 is 35.5. The summed E-state index contributed by atoms with van der Waals surface area (Å²) in [6.45, 7) is 4.10. The van der Waals surface area contributed by atoms with Gasteiger partial charge in [-0.15, -0.1) is 0 Å². The number of methoxy groups -OCH3 is 1. The summed E-state index contributed by atoms with van der Waals surface area (Å²) in [4.78, 5) is 25.7. The smallest absolute Gasteiger partial charge is 0.318 e. The normalized spacial score (nSPS) is 11.1. The van der Waals surface area contributed by atoms with E-state index in [1.807, 2.05) is 0 Å². The Hall–Kier alpha value is -3.57. The number of nitrogens with two attached hydrogens (primary N) is 1. The Morgan fingerprint density at radius 1 is 1.32 bits per heavy atom. The van der Waals surface area contributed by atoms with Crippen LogP contribution in [0.15, 0.2) is 30.9 Å². The van der Waals surface area contributed by atoms with E-state index >= 15 is 4.39 Å². The Kier molecular flexibility index (Phi) is 6.49. The average molecular weight is 505 g/mol. The minimum Gasteiger partial charge on any atom is -0.467 e. The molecule has 0 aliphatic carbocycles. The van der Waals surface area contributed by atoms with Gasteiger partial charge in [-0.1, -0.05) is 29.5 Å². The molecule has 176 valence electrons. The van der Waals surface area contributed by atoms with Gasteiger partial charge in [0.25, 0.3) is 0 Å². The second-order valence-corrected chi connectivity index (χ2v) is 8.66. The predicted molar refractivity (Wildman–Crippen MR) is 130 cm³/mol. The van der Waals surface area contributed by atoms with E-state index < -0.39 is 11.6 Å². The Morgan fingerprint density at radius 2 is 2.09 bits per heavy atom. The van der Waals surface area contributed by atoms with Crippen molar-refractivity contribution in [3.63, 3.8) is 0 Å². The number of anilines is 2. The highest BCUT2D eigenvalue weighted by atomic mass is 35.5. The molecular weight excluding hydrogens is 486 g/mol. The fourth-order valence-corrected chi connectivity index (χ4v) is 4.51. The van der Waals surface area contributed by atoms with Crippen LogP contribution in [0.2, 0.25) is 5.02 Å². The van der Waals surface area contributed by atoms with Gasteiger partial charge in [-0.25, -0.2) is 13.8 Å². The lowest BCUT2D eigenvalue weighted by Gasteiger charge is -2.17. The number of carbonyl (C=O) groups is 1. The highest BCUT2D eigenvalue weighted by molar-refractivity contribution is 7.22. The number of ether oxygens (including phenoxy) is 1. The van der Waals surface area contributed by atoms with Crippen molar-refractivity contribution >= 4 is 60.9 Å². The topological polar surface area (TPSA) is 106 Å². The maximum absolute atomic E-state index is 15.9. The zero-order valence-corrected chi connectivity index (χ0v) is 19.7. The highest BCUT2D eigenvalue weighted by Gasteiger charge is 2.23. The summed E-state index contributed by atoms with van der Waals surface area (Å²) in [6.07, 6.45) is 1.21. The zero-order chi connectivity index (χ0) is 24.6. The summed E-state index contributed by atoms with van der Waals surface area (Å²) in [7, 11) is 2.99. The molecule has 0 atom stereocenters. The Morgan fingerprint density at radius 3 is 2.79 bits per heavy atom. The van der Waals surface area contributed by atoms with E-state index in [2.05, 4.69) is 26.8 Å². The third-order valence-corrected chi connectivity index (χ3v) is 6.31. The van der Waals surface area contributed by atoms with E-state index in [0.29, 0.717) is 18.5 Å². The average Bonchev–Trinajstić information content (AvgIpc) is 3.22. The van der Waals surface area contributed by atoms with Gasteiger partial charge >= 0.3 is 6.01 Å². The molecule has 0 bridgehead atoms. The monoisotopic (exact) mass is 504 g/mol. The summed E-state index contributed by atoms with van der Waals surface area (Å²) in [6, 6.07) is 4.06. The molecule has 2 aromatic heterocycles. The Bertz CT molecular complexity index is 1440. The number of nitrogen functional groups attached to an aromatic ring is 1. The van der Waals surface area contributed by atoms with Crippen LogP contribution >= 0.6 is 22.9 Å². The van der Waals surface area contributed by atoms with Crippen LogP contribution in [0.5, 0.6) is 6.01 Å². The van der Waals surface area contributed by atoms with Gasteiger partial charge in [-0.3, -0.25) is 4.79 Å².